The Bertz CT molecular complexity index is 804. The fraction of sp³-hybridized carbons (Fsp3) is 0.412. The number of carbonyl (C=O) groups excluding carboxylic acids is 2. The van der Waals surface area contributed by atoms with Crippen LogP contribution < -0.4 is 0 Å². The molecule has 0 bridgehead atoms. The van der Waals surface area contributed by atoms with Crippen LogP contribution in [0.5, 0.6) is 0 Å². The summed E-state index contributed by atoms with van der Waals surface area (Å²) in [6.45, 7) is 3.85. The first-order chi connectivity index (χ1) is 12.1. The van der Waals surface area contributed by atoms with Gasteiger partial charge in [0.2, 0.25) is 5.91 Å². The highest BCUT2D eigenvalue weighted by Gasteiger charge is 2.32. The van der Waals surface area contributed by atoms with Gasteiger partial charge in [0.15, 0.2) is 11.6 Å². The highest BCUT2D eigenvalue weighted by molar-refractivity contribution is 5.83. The number of carbonyl (C=O) groups is 2. The molecule has 2 aliphatic rings. The second-order valence-electron chi connectivity index (χ2n) is 6.34. The van der Waals surface area contributed by atoms with Crippen molar-refractivity contribution in [3.05, 3.63) is 36.2 Å². The molecule has 8 heteroatoms. The molecule has 1 aromatic carbocycles. The van der Waals surface area contributed by atoms with Crippen LogP contribution in [0.3, 0.4) is 0 Å². The zero-order valence-corrected chi connectivity index (χ0v) is 14.0. The van der Waals surface area contributed by atoms with Crippen LogP contribution in [0.15, 0.2) is 30.3 Å². The molecule has 3 heterocycles. The number of amides is 2. The normalized spacial score (nSPS) is 19.7. The molecule has 0 N–H and O–H groups in total. The minimum Gasteiger partial charge on any atom is -0.448 e. The summed E-state index contributed by atoms with van der Waals surface area (Å²) in [6, 6.07) is 9.96. The first kappa shape index (κ1) is 15.6. The number of cyclic esters (lactones) is 1. The van der Waals surface area contributed by atoms with Crippen LogP contribution in [0.2, 0.25) is 0 Å². The van der Waals surface area contributed by atoms with E-state index in [1.165, 1.54) is 4.90 Å². The second kappa shape index (κ2) is 6.19. The number of aromatic nitrogens is 3. The molecule has 1 aromatic heterocycles. The molecule has 8 nitrogen and oxygen atoms in total. The number of ether oxygens (including phenoxy) is 1. The van der Waals surface area contributed by atoms with Crippen molar-refractivity contribution in [2.45, 2.75) is 19.5 Å². The Morgan fingerprint density at radius 1 is 1.28 bits per heavy atom. The third-order valence-corrected chi connectivity index (χ3v) is 4.58. The smallest absolute Gasteiger partial charge is 0.410 e. The van der Waals surface area contributed by atoms with E-state index >= 15 is 0 Å². The van der Waals surface area contributed by atoms with E-state index in [0.717, 1.165) is 17.2 Å². The lowest BCUT2D eigenvalue weighted by molar-refractivity contribution is -0.133. The van der Waals surface area contributed by atoms with Crippen molar-refractivity contribution in [3.8, 4) is 11.4 Å². The minimum absolute atomic E-state index is 0.0469. The maximum absolute atomic E-state index is 12.6. The SMILES string of the molecule is C[C@H]1CN(C(=O)CN2CCOC2=O)Cc2nnc(-c3ccccc3)n21. The molecular formula is C17H19N5O3. The molecule has 0 radical (unpaired) electrons. The van der Waals surface area contributed by atoms with Gasteiger partial charge in [-0.2, -0.15) is 0 Å². The summed E-state index contributed by atoms with van der Waals surface area (Å²) in [7, 11) is 0. The fourth-order valence-electron chi connectivity index (χ4n) is 3.34. The lowest BCUT2D eigenvalue weighted by Crippen LogP contribution is -2.45. The van der Waals surface area contributed by atoms with E-state index in [9.17, 15) is 9.59 Å². The number of benzene rings is 1. The van der Waals surface area contributed by atoms with Gasteiger partial charge in [-0.3, -0.25) is 9.69 Å². The first-order valence-electron chi connectivity index (χ1n) is 8.32. The lowest BCUT2D eigenvalue weighted by Gasteiger charge is -2.33. The Kier molecular flexibility index (Phi) is 3.87. The highest BCUT2D eigenvalue weighted by Crippen LogP contribution is 2.27. The van der Waals surface area contributed by atoms with E-state index in [1.54, 1.807) is 4.90 Å². The first-order valence-corrected chi connectivity index (χ1v) is 8.32. The molecule has 1 saturated heterocycles. The van der Waals surface area contributed by atoms with Gasteiger partial charge in [0.25, 0.3) is 0 Å². The van der Waals surface area contributed by atoms with Gasteiger partial charge in [0.1, 0.15) is 13.2 Å². The Balaban J connectivity index is 1.53. The number of fused-ring (bicyclic) bond motifs is 1. The summed E-state index contributed by atoms with van der Waals surface area (Å²) in [5.74, 6) is 1.48. The Morgan fingerprint density at radius 3 is 2.80 bits per heavy atom. The predicted octanol–water partition coefficient (Wildman–Crippen LogP) is 1.30. The maximum atomic E-state index is 12.6. The maximum Gasteiger partial charge on any atom is 0.410 e. The van der Waals surface area contributed by atoms with E-state index in [2.05, 4.69) is 14.8 Å². The molecule has 130 valence electrons. The van der Waals surface area contributed by atoms with Crippen molar-refractivity contribution in [2.75, 3.05) is 26.2 Å². The molecular weight excluding hydrogens is 322 g/mol. The largest absolute Gasteiger partial charge is 0.448 e. The summed E-state index contributed by atoms with van der Waals surface area (Å²) in [5, 5.41) is 8.59. The molecule has 0 unspecified atom stereocenters. The third-order valence-electron chi connectivity index (χ3n) is 4.58. The van der Waals surface area contributed by atoms with Gasteiger partial charge in [-0.15, -0.1) is 10.2 Å². The predicted molar refractivity (Wildman–Crippen MR) is 88.5 cm³/mol. The summed E-state index contributed by atoms with van der Waals surface area (Å²) in [4.78, 5) is 27.2. The van der Waals surface area contributed by atoms with Gasteiger partial charge in [0, 0.05) is 12.1 Å². The van der Waals surface area contributed by atoms with Crippen molar-refractivity contribution >= 4 is 12.0 Å². The Morgan fingerprint density at radius 2 is 2.08 bits per heavy atom. The summed E-state index contributed by atoms with van der Waals surface area (Å²) >= 11 is 0. The quantitative estimate of drug-likeness (QED) is 0.841. The molecule has 4 rings (SSSR count). The van der Waals surface area contributed by atoms with E-state index < -0.39 is 6.09 Å². The summed E-state index contributed by atoms with van der Waals surface area (Å²) in [6.07, 6.45) is -0.423. The van der Waals surface area contributed by atoms with Crippen LogP contribution in [0.1, 0.15) is 18.8 Å². The van der Waals surface area contributed by atoms with Crippen molar-refractivity contribution in [1.29, 1.82) is 0 Å². The molecule has 1 fully saturated rings. The van der Waals surface area contributed by atoms with E-state index in [0.29, 0.717) is 26.2 Å². The number of hydrogen-bond donors (Lipinski definition) is 0. The van der Waals surface area contributed by atoms with Crippen LogP contribution in [0.4, 0.5) is 4.79 Å². The highest BCUT2D eigenvalue weighted by atomic mass is 16.6. The zero-order valence-electron chi connectivity index (χ0n) is 14.0. The van der Waals surface area contributed by atoms with Gasteiger partial charge in [-0.25, -0.2) is 4.79 Å². The molecule has 0 spiro atoms. The average Bonchev–Trinajstić information content (AvgIpc) is 3.22. The Labute approximate surface area is 145 Å². The number of rotatable bonds is 3. The third kappa shape index (κ3) is 2.84. The van der Waals surface area contributed by atoms with Crippen molar-refractivity contribution in [1.82, 2.24) is 24.6 Å². The molecule has 2 amide bonds. The molecule has 2 aromatic rings. The van der Waals surface area contributed by atoms with E-state index in [-0.39, 0.29) is 18.5 Å². The minimum atomic E-state index is -0.423. The van der Waals surface area contributed by atoms with E-state index in [4.69, 9.17) is 4.74 Å². The van der Waals surface area contributed by atoms with Gasteiger partial charge in [-0.05, 0) is 6.92 Å². The molecule has 0 aliphatic carbocycles. The number of nitrogens with zero attached hydrogens (tertiary/aromatic N) is 5. The average molecular weight is 341 g/mol. The van der Waals surface area contributed by atoms with E-state index in [1.807, 2.05) is 37.3 Å². The van der Waals surface area contributed by atoms with Crippen LogP contribution >= 0.6 is 0 Å². The van der Waals surface area contributed by atoms with Gasteiger partial charge in [-0.1, -0.05) is 30.3 Å². The van der Waals surface area contributed by atoms with Crippen LogP contribution in [0.25, 0.3) is 11.4 Å². The van der Waals surface area contributed by atoms with Crippen LogP contribution in [-0.2, 0) is 16.1 Å². The molecule has 25 heavy (non-hydrogen) atoms. The van der Waals surface area contributed by atoms with Crippen molar-refractivity contribution < 1.29 is 14.3 Å². The van der Waals surface area contributed by atoms with Gasteiger partial charge < -0.3 is 14.2 Å². The Hall–Kier alpha value is -2.90. The lowest BCUT2D eigenvalue weighted by atomic mass is 10.1. The fourth-order valence-corrected chi connectivity index (χ4v) is 3.34. The molecule has 0 saturated carbocycles. The van der Waals surface area contributed by atoms with Crippen LogP contribution in [-0.4, -0.2) is 62.8 Å². The zero-order chi connectivity index (χ0) is 17.4. The second-order valence-corrected chi connectivity index (χ2v) is 6.34. The molecule has 2 aliphatic heterocycles. The monoisotopic (exact) mass is 341 g/mol. The summed E-state index contributed by atoms with van der Waals surface area (Å²) < 4.78 is 6.96. The topological polar surface area (TPSA) is 80.6 Å². The van der Waals surface area contributed by atoms with Crippen LogP contribution in [0, 0.1) is 0 Å². The van der Waals surface area contributed by atoms with Crippen molar-refractivity contribution in [2.24, 2.45) is 0 Å². The molecule has 1 atom stereocenters. The standard InChI is InChI=1S/C17H19N5O3/c1-12-9-21(15(23)11-20-7-8-25-17(20)24)10-14-18-19-16(22(12)14)13-5-3-2-4-6-13/h2-6,12H,7-11H2,1H3/t12-/m0/s1. The van der Waals surface area contributed by atoms with Gasteiger partial charge in [0.05, 0.1) is 19.1 Å². The van der Waals surface area contributed by atoms with Crippen molar-refractivity contribution in [3.63, 3.8) is 0 Å². The summed E-state index contributed by atoms with van der Waals surface area (Å²) in [5.41, 5.74) is 1.01. The number of hydrogen-bond acceptors (Lipinski definition) is 5. The van der Waals surface area contributed by atoms with Gasteiger partial charge >= 0.3 is 6.09 Å².